The molecule has 0 saturated heterocycles. The predicted molar refractivity (Wildman–Crippen MR) is 107 cm³/mol. The minimum absolute atomic E-state index is 0.0100. The first kappa shape index (κ1) is 15.8. The van der Waals surface area contributed by atoms with Crippen molar-refractivity contribution >= 4 is 22.5 Å². The van der Waals surface area contributed by atoms with Gasteiger partial charge >= 0.3 is 0 Å². The number of carbonyl (C=O) groups is 1. The summed E-state index contributed by atoms with van der Waals surface area (Å²) in [4.78, 5) is 12.5. The number of aromatic nitrogens is 2. The fourth-order valence-electron chi connectivity index (χ4n) is 4.01. The quantitative estimate of drug-likeness (QED) is 0.562. The molecular formula is C23H19N3O. The predicted octanol–water partition coefficient (Wildman–Crippen LogP) is 4.81. The maximum absolute atomic E-state index is 12.5. The van der Waals surface area contributed by atoms with E-state index in [0.717, 1.165) is 28.3 Å². The summed E-state index contributed by atoms with van der Waals surface area (Å²) < 4.78 is 1.84. The topological polar surface area (TPSA) is 46.9 Å². The molecule has 0 bridgehead atoms. The number of nitrogens with one attached hydrogen (secondary N) is 1. The van der Waals surface area contributed by atoms with E-state index in [0.29, 0.717) is 6.42 Å². The molecule has 1 aliphatic rings. The van der Waals surface area contributed by atoms with Crippen LogP contribution in [0.2, 0.25) is 0 Å². The monoisotopic (exact) mass is 353 g/mol. The molecule has 4 nitrogen and oxygen atoms in total. The molecule has 27 heavy (non-hydrogen) atoms. The Morgan fingerprint density at radius 1 is 0.963 bits per heavy atom. The van der Waals surface area contributed by atoms with Gasteiger partial charge in [-0.05, 0) is 35.4 Å². The molecule has 1 N–H and O–H groups in total. The van der Waals surface area contributed by atoms with Crippen molar-refractivity contribution in [2.75, 3.05) is 5.32 Å². The van der Waals surface area contributed by atoms with Crippen LogP contribution in [0.5, 0.6) is 0 Å². The van der Waals surface area contributed by atoms with Gasteiger partial charge in [0.2, 0.25) is 5.91 Å². The third-order valence-electron chi connectivity index (χ3n) is 5.28. The molecule has 0 fully saturated rings. The lowest BCUT2D eigenvalue weighted by Crippen LogP contribution is -2.24. The minimum Gasteiger partial charge on any atom is -0.310 e. The van der Waals surface area contributed by atoms with Gasteiger partial charge in [-0.25, -0.2) is 4.68 Å². The van der Waals surface area contributed by atoms with Crippen molar-refractivity contribution in [3.63, 3.8) is 0 Å². The fraction of sp³-hybridized carbons (Fsp3) is 0.130. The summed E-state index contributed by atoms with van der Waals surface area (Å²) in [5.74, 6) is 0.821. The second-order valence-electron chi connectivity index (χ2n) is 7.01. The molecule has 0 radical (unpaired) electrons. The lowest BCUT2D eigenvalue weighted by molar-refractivity contribution is -0.116. The van der Waals surface area contributed by atoms with Crippen molar-refractivity contribution in [3.05, 3.63) is 89.6 Å². The van der Waals surface area contributed by atoms with Crippen molar-refractivity contribution < 1.29 is 4.79 Å². The smallest absolute Gasteiger partial charge is 0.226 e. The number of para-hydroxylation sites is 1. The molecule has 4 heteroatoms. The Bertz CT molecular complexity index is 1160. The van der Waals surface area contributed by atoms with Gasteiger partial charge in [0.1, 0.15) is 5.82 Å². The van der Waals surface area contributed by atoms with E-state index in [1.54, 1.807) is 0 Å². The van der Waals surface area contributed by atoms with E-state index in [2.05, 4.69) is 35.6 Å². The van der Waals surface area contributed by atoms with E-state index < -0.39 is 0 Å². The van der Waals surface area contributed by atoms with Crippen molar-refractivity contribution in [1.29, 1.82) is 0 Å². The normalized spacial score (nSPS) is 16.2. The number of hydrogen-bond acceptors (Lipinski definition) is 2. The molecule has 132 valence electrons. The molecule has 2 heterocycles. The average molecular weight is 353 g/mol. The van der Waals surface area contributed by atoms with Gasteiger partial charge < -0.3 is 5.32 Å². The molecule has 4 aromatic rings. The zero-order valence-electron chi connectivity index (χ0n) is 15.0. The van der Waals surface area contributed by atoms with E-state index >= 15 is 0 Å². The van der Waals surface area contributed by atoms with Crippen molar-refractivity contribution in [1.82, 2.24) is 9.78 Å². The van der Waals surface area contributed by atoms with Gasteiger partial charge in [0, 0.05) is 17.9 Å². The van der Waals surface area contributed by atoms with Gasteiger partial charge in [-0.15, -0.1) is 0 Å². The standard InChI is InChI=1S/C23H19N3O/c1-15-22-20(18-12-11-16-7-5-6-8-17(16)13-18)14-21(27)24-23(22)26(25-15)19-9-3-2-4-10-19/h2-13,20H,14H2,1H3,(H,24,27)/t20-/m0/s1. The highest BCUT2D eigenvalue weighted by Crippen LogP contribution is 2.40. The first-order chi connectivity index (χ1) is 13.2. The SMILES string of the molecule is Cc1nn(-c2ccccc2)c2c1[C@H](c1ccc3ccccc3c1)CC(=O)N2. The third-order valence-corrected chi connectivity index (χ3v) is 5.28. The highest BCUT2D eigenvalue weighted by Gasteiger charge is 2.32. The molecule has 0 saturated carbocycles. The van der Waals surface area contributed by atoms with Gasteiger partial charge in [-0.3, -0.25) is 4.79 Å². The second-order valence-corrected chi connectivity index (χ2v) is 7.01. The Labute approximate surface area is 157 Å². The Balaban J connectivity index is 1.68. The van der Waals surface area contributed by atoms with Crippen LogP contribution >= 0.6 is 0 Å². The summed E-state index contributed by atoms with van der Waals surface area (Å²) in [5.41, 5.74) is 4.16. The van der Waals surface area contributed by atoms with Crippen molar-refractivity contribution in [2.45, 2.75) is 19.3 Å². The summed E-state index contributed by atoms with van der Waals surface area (Å²) in [5, 5.41) is 10.2. The lowest BCUT2D eigenvalue weighted by Gasteiger charge is -2.24. The van der Waals surface area contributed by atoms with Crippen LogP contribution in [0.1, 0.15) is 29.2 Å². The number of fused-ring (bicyclic) bond motifs is 2. The number of amides is 1. The van der Waals surface area contributed by atoms with E-state index in [4.69, 9.17) is 5.10 Å². The first-order valence-corrected chi connectivity index (χ1v) is 9.14. The first-order valence-electron chi connectivity index (χ1n) is 9.14. The van der Waals surface area contributed by atoms with Crippen LogP contribution in [0, 0.1) is 6.92 Å². The molecule has 5 rings (SSSR count). The second kappa shape index (κ2) is 6.09. The van der Waals surface area contributed by atoms with Crippen molar-refractivity contribution in [3.8, 4) is 5.69 Å². The Kier molecular flexibility index (Phi) is 3.57. The average Bonchev–Trinajstić information content (AvgIpc) is 3.04. The molecule has 1 amide bonds. The number of nitrogens with zero attached hydrogens (tertiary/aromatic N) is 2. The van der Waals surface area contributed by atoms with Crippen LogP contribution in [-0.4, -0.2) is 15.7 Å². The molecule has 3 aromatic carbocycles. The maximum Gasteiger partial charge on any atom is 0.226 e. The van der Waals surface area contributed by atoms with E-state index in [-0.39, 0.29) is 11.8 Å². The van der Waals surface area contributed by atoms with Crippen LogP contribution in [0.4, 0.5) is 5.82 Å². The Morgan fingerprint density at radius 2 is 1.70 bits per heavy atom. The van der Waals surface area contributed by atoms with Gasteiger partial charge in [-0.1, -0.05) is 60.7 Å². The van der Waals surface area contributed by atoms with E-state index in [1.807, 2.05) is 54.1 Å². The highest BCUT2D eigenvalue weighted by atomic mass is 16.1. The zero-order chi connectivity index (χ0) is 18.4. The number of aryl methyl sites for hydroxylation is 1. The van der Waals surface area contributed by atoms with E-state index in [9.17, 15) is 4.79 Å². The van der Waals surface area contributed by atoms with Crippen LogP contribution in [0.15, 0.2) is 72.8 Å². The molecule has 1 aromatic heterocycles. The lowest BCUT2D eigenvalue weighted by atomic mass is 9.85. The summed E-state index contributed by atoms with van der Waals surface area (Å²) in [6, 6.07) is 24.7. The number of benzene rings is 3. The fourth-order valence-corrected chi connectivity index (χ4v) is 4.01. The van der Waals surface area contributed by atoms with Crippen LogP contribution in [-0.2, 0) is 4.79 Å². The highest BCUT2D eigenvalue weighted by molar-refractivity contribution is 5.95. The molecule has 0 unspecified atom stereocenters. The summed E-state index contributed by atoms with van der Waals surface area (Å²) >= 11 is 0. The number of anilines is 1. The maximum atomic E-state index is 12.5. The van der Waals surface area contributed by atoms with Gasteiger partial charge in [0.05, 0.1) is 11.4 Å². The van der Waals surface area contributed by atoms with Gasteiger partial charge in [-0.2, -0.15) is 5.10 Å². The Hall–Kier alpha value is -3.40. The number of rotatable bonds is 2. The molecule has 1 aliphatic heterocycles. The zero-order valence-corrected chi connectivity index (χ0v) is 15.0. The van der Waals surface area contributed by atoms with Crippen LogP contribution < -0.4 is 5.32 Å². The number of hydrogen-bond donors (Lipinski definition) is 1. The molecule has 0 spiro atoms. The van der Waals surface area contributed by atoms with Crippen LogP contribution in [0.25, 0.3) is 16.5 Å². The number of carbonyl (C=O) groups excluding carboxylic acids is 1. The van der Waals surface area contributed by atoms with Crippen LogP contribution in [0.3, 0.4) is 0 Å². The van der Waals surface area contributed by atoms with E-state index in [1.165, 1.54) is 10.8 Å². The molecular weight excluding hydrogens is 334 g/mol. The third kappa shape index (κ3) is 2.61. The van der Waals surface area contributed by atoms with Gasteiger partial charge in [0.15, 0.2) is 0 Å². The van der Waals surface area contributed by atoms with Gasteiger partial charge in [0.25, 0.3) is 0 Å². The minimum atomic E-state index is 0.0100. The largest absolute Gasteiger partial charge is 0.310 e. The summed E-state index contributed by atoms with van der Waals surface area (Å²) in [6.07, 6.45) is 0.437. The molecule has 1 atom stereocenters. The van der Waals surface area contributed by atoms with Crippen molar-refractivity contribution in [2.24, 2.45) is 0 Å². The summed E-state index contributed by atoms with van der Waals surface area (Å²) in [6.45, 7) is 2.02. The summed E-state index contributed by atoms with van der Waals surface area (Å²) in [7, 11) is 0. The molecule has 0 aliphatic carbocycles. The Morgan fingerprint density at radius 3 is 2.52 bits per heavy atom.